The molecule has 0 saturated heterocycles. The first-order chi connectivity index (χ1) is 11.0. The van der Waals surface area contributed by atoms with Gasteiger partial charge in [-0.1, -0.05) is 12.1 Å². The number of fused-ring (bicyclic) bond motifs is 1. The summed E-state index contributed by atoms with van der Waals surface area (Å²) in [6.45, 7) is 0. The van der Waals surface area contributed by atoms with E-state index in [4.69, 9.17) is 0 Å². The van der Waals surface area contributed by atoms with Crippen LogP contribution in [0.3, 0.4) is 0 Å². The quantitative estimate of drug-likeness (QED) is 0.663. The highest BCUT2D eigenvalue weighted by atomic mass is 16.5. The molecule has 2 rings (SSSR count). The van der Waals surface area contributed by atoms with E-state index in [1.54, 1.807) is 6.07 Å². The minimum atomic E-state index is -0.423. The molecule has 1 N–H and O–H groups in total. The van der Waals surface area contributed by atoms with Crippen molar-refractivity contribution in [2.75, 3.05) is 14.2 Å². The summed E-state index contributed by atoms with van der Waals surface area (Å²) in [5, 5.41) is 2.81. The molecule has 0 heterocycles. The van der Waals surface area contributed by atoms with Crippen molar-refractivity contribution < 1.29 is 23.9 Å². The number of methoxy groups -OCH3 is 2. The molecule has 1 aliphatic carbocycles. The Bertz CT molecular complexity index is 611. The van der Waals surface area contributed by atoms with Crippen molar-refractivity contribution in [2.24, 2.45) is 0 Å². The number of aryl methyl sites for hydroxylation is 1. The number of Topliss-reactive ketones (excluding diaryl/α,β-unsaturated/α-hetero) is 1. The molecule has 1 amide bonds. The Morgan fingerprint density at radius 2 is 1.91 bits per heavy atom. The third kappa shape index (κ3) is 4.55. The Labute approximate surface area is 135 Å². The molecule has 6 nitrogen and oxygen atoms in total. The monoisotopic (exact) mass is 319 g/mol. The summed E-state index contributed by atoms with van der Waals surface area (Å²) in [5.74, 6) is -0.443. The number of benzene rings is 1. The number of amides is 1. The summed E-state index contributed by atoms with van der Waals surface area (Å²) in [4.78, 5) is 34.5. The second-order valence-electron chi connectivity index (χ2n) is 5.56. The maximum atomic E-state index is 12.1. The van der Waals surface area contributed by atoms with Crippen LogP contribution < -0.4 is 5.32 Å². The zero-order valence-electron chi connectivity index (χ0n) is 13.4. The van der Waals surface area contributed by atoms with Crippen LogP contribution in [0.2, 0.25) is 0 Å². The molecule has 1 unspecified atom stereocenters. The van der Waals surface area contributed by atoms with E-state index < -0.39 is 6.09 Å². The molecule has 0 aromatic heterocycles. The number of alkyl carbamates (subject to hydrolysis) is 1. The van der Waals surface area contributed by atoms with Gasteiger partial charge < -0.3 is 14.8 Å². The van der Waals surface area contributed by atoms with Crippen LogP contribution in [0.25, 0.3) is 0 Å². The van der Waals surface area contributed by atoms with Gasteiger partial charge in [0.2, 0.25) is 0 Å². The first-order valence-corrected chi connectivity index (χ1v) is 7.59. The molecule has 6 heteroatoms. The molecule has 0 aliphatic heterocycles. The van der Waals surface area contributed by atoms with Gasteiger partial charge in [0.15, 0.2) is 5.78 Å². The lowest BCUT2D eigenvalue weighted by atomic mass is 9.86. The van der Waals surface area contributed by atoms with E-state index in [1.807, 2.05) is 12.1 Å². The summed E-state index contributed by atoms with van der Waals surface area (Å²) in [5.41, 5.74) is 2.87. The first kappa shape index (κ1) is 17.0. The van der Waals surface area contributed by atoms with Gasteiger partial charge >= 0.3 is 12.1 Å². The Balaban J connectivity index is 2.00. The molecule has 1 atom stereocenters. The fraction of sp³-hybridized carbons (Fsp3) is 0.471. The van der Waals surface area contributed by atoms with Crippen molar-refractivity contribution in [1.29, 1.82) is 0 Å². The molecule has 1 aromatic carbocycles. The summed E-state index contributed by atoms with van der Waals surface area (Å²) < 4.78 is 9.16. The number of hydrogen-bond donors (Lipinski definition) is 1. The predicted octanol–water partition coefficient (Wildman–Crippen LogP) is 2.04. The van der Waals surface area contributed by atoms with Gasteiger partial charge in [-0.15, -0.1) is 0 Å². The van der Waals surface area contributed by atoms with Crippen molar-refractivity contribution in [1.82, 2.24) is 5.32 Å². The molecule has 1 aromatic rings. The van der Waals surface area contributed by atoms with Crippen molar-refractivity contribution in [3.8, 4) is 0 Å². The number of ketones is 1. The summed E-state index contributed by atoms with van der Waals surface area (Å²) in [6, 6.07) is 5.64. The van der Waals surface area contributed by atoms with Crippen LogP contribution in [0.5, 0.6) is 0 Å². The molecule has 0 radical (unpaired) electrons. The molecule has 23 heavy (non-hydrogen) atoms. The van der Waals surface area contributed by atoms with E-state index in [-0.39, 0.29) is 30.6 Å². The molecule has 0 saturated carbocycles. The topological polar surface area (TPSA) is 81.7 Å². The van der Waals surface area contributed by atoms with Crippen LogP contribution in [0.1, 0.15) is 40.7 Å². The lowest BCUT2D eigenvalue weighted by Crippen LogP contribution is -2.38. The molecule has 0 fully saturated rings. The maximum Gasteiger partial charge on any atom is 0.407 e. The maximum absolute atomic E-state index is 12.1. The summed E-state index contributed by atoms with van der Waals surface area (Å²) in [6.07, 6.45) is 2.15. The van der Waals surface area contributed by atoms with Gasteiger partial charge in [-0.3, -0.25) is 9.59 Å². The third-order valence-electron chi connectivity index (χ3n) is 4.05. The standard InChI is InChI=1S/C17H21NO5/c1-22-16(20)8-7-15(19)13-4-3-12-10-14(18-17(21)23-2)6-5-11(12)9-13/h3-4,9,14H,5-8,10H2,1-2H3,(H,18,21). The van der Waals surface area contributed by atoms with Gasteiger partial charge in [0.05, 0.1) is 20.6 Å². The molecule has 0 bridgehead atoms. The Morgan fingerprint density at radius 1 is 1.13 bits per heavy atom. The average molecular weight is 319 g/mol. The number of esters is 1. The van der Waals surface area contributed by atoms with Gasteiger partial charge in [0, 0.05) is 18.0 Å². The van der Waals surface area contributed by atoms with Gasteiger partial charge in [0.1, 0.15) is 0 Å². The van der Waals surface area contributed by atoms with Crippen molar-refractivity contribution in [2.45, 2.75) is 38.1 Å². The van der Waals surface area contributed by atoms with E-state index in [0.717, 1.165) is 30.4 Å². The number of rotatable bonds is 5. The van der Waals surface area contributed by atoms with Gasteiger partial charge in [0.25, 0.3) is 0 Å². The molecule has 124 valence electrons. The Morgan fingerprint density at radius 3 is 2.61 bits per heavy atom. The van der Waals surface area contributed by atoms with E-state index in [9.17, 15) is 14.4 Å². The molecular weight excluding hydrogens is 298 g/mol. The summed E-state index contributed by atoms with van der Waals surface area (Å²) in [7, 11) is 2.66. The van der Waals surface area contributed by atoms with Crippen molar-refractivity contribution >= 4 is 17.8 Å². The molecular formula is C17H21NO5. The van der Waals surface area contributed by atoms with Crippen molar-refractivity contribution in [3.63, 3.8) is 0 Å². The highest BCUT2D eigenvalue weighted by Crippen LogP contribution is 2.23. The van der Waals surface area contributed by atoms with Crippen LogP contribution in [0, 0.1) is 0 Å². The minimum absolute atomic E-state index is 0.0517. The second-order valence-corrected chi connectivity index (χ2v) is 5.56. The fourth-order valence-electron chi connectivity index (χ4n) is 2.74. The van der Waals surface area contributed by atoms with E-state index in [1.165, 1.54) is 14.2 Å². The normalized spacial score (nSPS) is 16.2. The van der Waals surface area contributed by atoms with Crippen molar-refractivity contribution in [3.05, 3.63) is 34.9 Å². The first-order valence-electron chi connectivity index (χ1n) is 7.59. The lowest BCUT2D eigenvalue weighted by molar-refractivity contribution is -0.140. The fourth-order valence-corrected chi connectivity index (χ4v) is 2.74. The highest BCUT2D eigenvalue weighted by Gasteiger charge is 2.21. The number of ether oxygens (including phenoxy) is 2. The van der Waals surface area contributed by atoms with Crippen LogP contribution in [-0.2, 0) is 27.1 Å². The number of nitrogens with one attached hydrogen (secondary N) is 1. The van der Waals surface area contributed by atoms with E-state index in [0.29, 0.717) is 5.56 Å². The number of carbonyl (C=O) groups excluding carboxylic acids is 3. The largest absolute Gasteiger partial charge is 0.469 e. The van der Waals surface area contributed by atoms with Crippen LogP contribution in [-0.4, -0.2) is 38.1 Å². The van der Waals surface area contributed by atoms with Gasteiger partial charge in [-0.2, -0.15) is 0 Å². The highest BCUT2D eigenvalue weighted by molar-refractivity contribution is 5.97. The van der Waals surface area contributed by atoms with Crippen LogP contribution >= 0.6 is 0 Å². The minimum Gasteiger partial charge on any atom is -0.469 e. The Kier molecular flexibility index (Phi) is 5.73. The number of hydrogen-bond acceptors (Lipinski definition) is 5. The SMILES string of the molecule is COC(=O)CCC(=O)c1ccc2c(c1)CCC(NC(=O)OC)C2. The second kappa shape index (κ2) is 7.76. The van der Waals surface area contributed by atoms with Crippen LogP contribution in [0.4, 0.5) is 4.79 Å². The Hall–Kier alpha value is -2.37. The average Bonchev–Trinajstić information content (AvgIpc) is 2.58. The predicted molar refractivity (Wildman–Crippen MR) is 83.4 cm³/mol. The lowest BCUT2D eigenvalue weighted by Gasteiger charge is -2.25. The van der Waals surface area contributed by atoms with E-state index in [2.05, 4.69) is 14.8 Å². The van der Waals surface area contributed by atoms with Crippen LogP contribution in [0.15, 0.2) is 18.2 Å². The van der Waals surface area contributed by atoms with Gasteiger partial charge in [-0.25, -0.2) is 4.79 Å². The smallest absolute Gasteiger partial charge is 0.407 e. The van der Waals surface area contributed by atoms with Gasteiger partial charge in [-0.05, 0) is 36.5 Å². The summed E-state index contributed by atoms with van der Waals surface area (Å²) >= 11 is 0. The molecule has 1 aliphatic rings. The zero-order chi connectivity index (χ0) is 16.8. The number of carbonyl (C=O) groups is 3. The van der Waals surface area contributed by atoms with E-state index >= 15 is 0 Å². The third-order valence-corrected chi connectivity index (χ3v) is 4.05. The molecule has 0 spiro atoms. The zero-order valence-corrected chi connectivity index (χ0v) is 13.4.